The molecule has 5 heteroatoms. The van der Waals surface area contributed by atoms with Gasteiger partial charge in [0.15, 0.2) is 0 Å². The molecular formula is C18H25N3O2. The van der Waals surface area contributed by atoms with Gasteiger partial charge in [-0.15, -0.1) is 0 Å². The predicted octanol–water partition coefficient (Wildman–Crippen LogP) is 2.67. The Morgan fingerprint density at radius 2 is 1.61 bits per heavy atom. The third kappa shape index (κ3) is 4.47. The van der Waals surface area contributed by atoms with E-state index in [1.54, 1.807) is 0 Å². The van der Waals surface area contributed by atoms with Gasteiger partial charge in [-0.1, -0.05) is 12.8 Å². The van der Waals surface area contributed by atoms with Crippen LogP contribution in [-0.2, 0) is 9.59 Å². The topological polar surface area (TPSA) is 61.4 Å². The number of anilines is 2. The molecule has 1 aromatic rings. The van der Waals surface area contributed by atoms with E-state index in [9.17, 15) is 9.59 Å². The van der Waals surface area contributed by atoms with Crippen molar-refractivity contribution in [2.75, 3.05) is 23.3 Å². The summed E-state index contributed by atoms with van der Waals surface area (Å²) < 4.78 is 0. The SMILES string of the molecule is O=C(CC(=O)NC1CCCC1)Nc1ccc(N2CCCC2)cc1. The largest absolute Gasteiger partial charge is 0.372 e. The molecule has 1 aliphatic carbocycles. The van der Waals surface area contributed by atoms with Crippen molar-refractivity contribution in [3.05, 3.63) is 24.3 Å². The molecule has 124 valence electrons. The van der Waals surface area contributed by atoms with Crippen molar-refractivity contribution in [3.63, 3.8) is 0 Å². The summed E-state index contributed by atoms with van der Waals surface area (Å²) in [5.74, 6) is -0.433. The molecule has 5 nitrogen and oxygen atoms in total. The molecule has 0 spiro atoms. The van der Waals surface area contributed by atoms with Gasteiger partial charge in [0.2, 0.25) is 11.8 Å². The molecule has 1 heterocycles. The molecule has 23 heavy (non-hydrogen) atoms. The number of amides is 2. The monoisotopic (exact) mass is 315 g/mol. The van der Waals surface area contributed by atoms with Crippen LogP contribution >= 0.6 is 0 Å². The molecule has 1 saturated heterocycles. The second-order valence-corrected chi connectivity index (χ2v) is 6.51. The predicted molar refractivity (Wildman–Crippen MR) is 91.5 cm³/mol. The first kappa shape index (κ1) is 15.8. The minimum absolute atomic E-state index is 0.107. The molecule has 0 unspecified atom stereocenters. The average molecular weight is 315 g/mol. The van der Waals surface area contributed by atoms with Crippen molar-refractivity contribution < 1.29 is 9.59 Å². The Morgan fingerprint density at radius 3 is 2.26 bits per heavy atom. The normalized spacial score (nSPS) is 18.2. The van der Waals surface area contributed by atoms with E-state index in [0.717, 1.165) is 31.6 Å². The van der Waals surface area contributed by atoms with E-state index in [1.165, 1.54) is 31.4 Å². The molecule has 3 rings (SSSR count). The Labute approximate surface area is 137 Å². The van der Waals surface area contributed by atoms with Crippen LogP contribution in [0, 0.1) is 0 Å². The van der Waals surface area contributed by atoms with Crippen molar-refractivity contribution in [1.82, 2.24) is 5.32 Å². The van der Waals surface area contributed by atoms with E-state index >= 15 is 0 Å². The molecule has 0 radical (unpaired) electrons. The van der Waals surface area contributed by atoms with Gasteiger partial charge in [0.05, 0.1) is 0 Å². The number of carbonyl (C=O) groups is 2. The van der Waals surface area contributed by atoms with Gasteiger partial charge in [-0.25, -0.2) is 0 Å². The first-order valence-corrected chi connectivity index (χ1v) is 8.65. The number of rotatable bonds is 5. The highest BCUT2D eigenvalue weighted by Crippen LogP contribution is 2.22. The van der Waals surface area contributed by atoms with Crippen LogP contribution in [0.25, 0.3) is 0 Å². The molecule has 2 N–H and O–H groups in total. The van der Waals surface area contributed by atoms with Crippen molar-refractivity contribution >= 4 is 23.2 Å². The Hall–Kier alpha value is -2.04. The Kier molecular flexibility index (Phi) is 5.16. The summed E-state index contributed by atoms with van der Waals surface area (Å²) >= 11 is 0. The molecule has 1 aliphatic heterocycles. The van der Waals surface area contributed by atoms with E-state index in [4.69, 9.17) is 0 Å². The highest BCUT2D eigenvalue weighted by atomic mass is 16.2. The van der Waals surface area contributed by atoms with Gasteiger partial charge in [-0.05, 0) is 49.9 Å². The first-order chi connectivity index (χ1) is 11.2. The minimum atomic E-state index is -0.255. The second-order valence-electron chi connectivity index (χ2n) is 6.51. The van der Waals surface area contributed by atoms with E-state index in [-0.39, 0.29) is 24.3 Å². The zero-order chi connectivity index (χ0) is 16.1. The van der Waals surface area contributed by atoms with Crippen LogP contribution < -0.4 is 15.5 Å². The lowest BCUT2D eigenvalue weighted by molar-refractivity contribution is -0.127. The van der Waals surface area contributed by atoms with E-state index in [0.29, 0.717) is 0 Å². The highest BCUT2D eigenvalue weighted by Gasteiger charge is 2.18. The molecule has 0 aromatic heterocycles. The van der Waals surface area contributed by atoms with Crippen LogP contribution in [-0.4, -0.2) is 30.9 Å². The zero-order valence-electron chi connectivity index (χ0n) is 13.5. The molecule has 1 aromatic carbocycles. The maximum Gasteiger partial charge on any atom is 0.233 e. The number of carbonyl (C=O) groups excluding carboxylic acids is 2. The summed E-state index contributed by atoms with van der Waals surface area (Å²) in [5.41, 5.74) is 1.94. The average Bonchev–Trinajstić information content (AvgIpc) is 3.20. The molecule has 2 aliphatic rings. The number of nitrogens with zero attached hydrogens (tertiary/aromatic N) is 1. The van der Waals surface area contributed by atoms with Crippen molar-refractivity contribution in [2.24, 2.45) is 0 Å². The smallest absolute Gasteiger partial charge is 0.233 e. The lowest BCUT2D eigenvalue weighted by atomic mass is 10.2. The Balaban J connectivity index is 1.46. The zero-order valence-corrected chi connectivity index (χ0v) is 13.5. The van der Waals surface area contributed by atoms with Crippen molar-refractivity contribution in [1.29, 1.82) is 0 Å². The lowest BCUT2D eigenvalue weighted by Gasteiger charge is -2.17. The molecule has 2 amide bonds. The summed E-state index contributed by atoms with van der Waals surface area (Å²) in [7, 11) is 0. The number of benzene rings is 1. The fraction of sp³-hybridized carbons (Fsp3) is 0.556. The van der Waals surface area contributed by atoms with Gasteiger partial charge < -0.3 is 15.5 Å². The Morgan fingerprint density at radius 1 is 0.957 bits per heavy atom. The maximum atomic E-state index is 12.0. The van der Waals surface area contributed by atoms with E-state index in [2.05, 4.69) is 15.5 Å². The van der Waals surface area contributed by atoms with Crippen LogP contribution in [0.3, 0.4) is 0 Å². The third-order valence-electron chi connectivity index (χ3n) is 4.66. The van der Waals surface area contributed by atoms with Crippen LogP contribution in [0.1, 0.15) is 44.9 Å². The van der Waals surface area contributed by atoms with Crippen LogP contribution in [0.4, 0.5) is 11.4 Å². The molecule has 2 fully saturated rings. The Bertz CT molecular complexity index is 544. The third-order valence-corrected chi connectivity index (χ3v) is 4.66. The van der Waals surface area contributed by atoms with Gasteiger partial charge in [-0.2, -0.15) is 0 Å². The lowest BCUT2D eigenvalue weighted by Crippen LogP contribution is -2.35. The van der Waals surface area contributed by atoms with Crippen LogP contribution in [0.5, 0.6) is 0 Å². The van der Waals surface area contributed by atoms with Gasteiger partial charge in [0, 0.05) is 30.5 Å². The fourth-order valence-corrected chi connectivity index (χ4v) is 3.43. The summed E-state index contributed by atoms with van der Waals surface area (Å²) in [5, 5.41) is 5.73. The fourth-order valence-electron chi connectivity index (χ4n) is 3.43. The molecule has 0 bridgehead atoms. The van der Waals surface area contributed by atoms with Crippen LogP contribution in [0.2, 0.25) is 0 Å². The minimum Gasteiger partial charge on any atom is -0.372 e. The van der Waals surface area contributed by atoms with E-state index < -0.39 is 0 Å². The second kappa shape index (κ2) is 7.49. The quantitative estimate of drug-likeness (QED) is 0.821. The van der Waals surface area contributed by atoms with E-state index in [1.807, 2.05) is 24.3 Å². The number of hydrogen-bond donors (Lipinski definition) is 2. The molecule has 1 saturated carbocycles. The van der Waals surface area contributed by atoms with Crippen molar-refractivity contribution in [3.8, 4) is 0 Å². The van der Waals surface area contributed by atoms with Crippen molar-refractivity contribution in [2.45, 2.75) is 51.0 Å². The van der Waals surface area contributed by atoms with Gasteiger partial charge >= 0.3 is 0 Å². The molecule has 0 atom stereocenters. The summed E-state index contributed by atoms with van der Waals surface area (Å²) in [6, 6.07) is 8.12. The standard InChI is InChI=1S/C18H25N3O2/c22-17(19-14-5-1-2-6-14)13-18(23)20-15-7-9-16(10-8-15)21-11-3-4-12-21/h7-10,14H,1-6,11-13H2,(H,19,22)(H,20,23). The number of nitrogens with one attached hydrogen (secondary N) is 2. The molecular weight excluding hydrogens is 290 g/mol. The highest BCUT2D eigenvalue weighted by molar-refractivity contribution is 6.03. The van der Waals surface area contributed by atoms with Gasteiger partial charge in [0.25, 0.3) is 0 Å². The van der Waals surface area contributed by atoms with Gasteiger partial charge in [0.1, 0.15) is 6.42 Å². The maximum absolute atomic E-state index is 12.0. The summed E-state index contributed by atoms with van der Waals surface area (Å²) in [4.78, 5) is 26.2. The number of hydrogen-bond acceptors (Lipinski definition) is 3. The van der Waals surface area contributed by atoms with Crippen LogP contribution in [0.15, 0.2) is 24.3 Å². The van der Waals surface area contributed by atoms with Gasteiger partial charge in [-0.3, -0.25) is 9.59 Å². The first-order valence-electron chi connectivity index (χ1n) is 8.65. The summed E-state index contributed by atoms with van der Waals surface area (Å²) in [6.07, 6.45) is 6.78. The summed E-state index contributed by atoms with van der Waals surface area (Å²) in [6.45, 7) is 2.21.